The number of nitrogens with zero attached hydrogens (tertiary/aromatic N) is 4. The molecule has 1 fully saturated rings. The Balaban J connectivity index is 0.00000338. The summed E-state index contributed by atoms with van der Waals surface area (Å²) >= 11 is 0. The predicted molar refractivity (Wildman–Crippen MR) is 113 cm³/mol. The standard InChI is InChI=1S/C17H32N6O2.HI/c1-14-21-22-16(23(14)2)13-19-17(20-15-7-4-5-8-15)18-9-6-10-25-12-11-24-3;/h15H,4-13H2,1-3H3,(H2,18,19,20);1H. The average molecular weight is 480 g/mol. The zero-order valence-electron chi connectivity index (χ0n) is 16.2. The fraction of sp³-hybridized carbons (Fsp3) is 0.824. The summed E-state index contributed by atoms with van der Waals surface area (Å²) in [7, 11) is 3.65. The van der Waals surface area contributed by atoms with E-state index >= 15 is 0 Å². The molecule has 0 bridgehead atoms. The molecule has 1 heterocycles. The lowest BCUT2D eigenvalue weighted by molar-refractivity contribution is 0.0698. The van der Waals surface area contributed by atoms with Crippen molar-refractivity contribution in [1.29, 1.82) is 0 Å². The van der Waals surface area contributed by atoms with E-state index in [0.717, 1.165) is 37.2 Å². The molecule has 150 valence electrons. The van der Waals surface area contributed by atoms with E-state index in [9.17, 15) is 0 Å². The average Bonchev–Trinajstić information content (AvgIpc) is 3.23. The second kappa shape index (κ2) is 13.3. The highest BCUT2D eigenvalue weighted by Gasteiger charge is 2.16. The van der Waals surface area contributed by atoms with Gasteiger partial charge in [0.1, 0.15) is 12.4 Å². The van der Waals surface area contributed by atoms with Gasteiger partial charge in [0.15, 0.2) is 11.8 Å². The molecule has 0 unspecified atom stereocenters. The lowest BCUT2D eigenvalue weighted by Crippen LogP contribution is -2.43. The predicted octanol–water partition coefficient (Wildman–Crippen LogP) is 1.77. The van der Waals surface area contributed by atoms with Gasteiger partial charge in [-0.2, -0.15) is 0 Å². The first-order chi connectivity index (χ1) is 12.2. The lowest BCUT2D eigenvalue weighted by Gasteiger charge is -2.17. The van der Waals surface area contributed by atoms with Gasteiger partial charge in [0.2, 0.25) is 0 Å². The van der Waals surface area contributed by atoms with E-state index in [1.54, 1.807) is 7.11 Å². The van der Waals surface area contributed by atoms with Crippen molar-refractivity contribution in [1.82, 2.24) is 25.4 Å². The Morgan fingerprint density at radius 2 is 2.00 bits per heavy atom. The summed E-state index contributed by atoms with van der Waals surface area (Å²) < 4.78 is 12.4. The first-order valence-corrected chi connectivity index (χ1v) is 9.17. The van der Waals surface area contributed by atoms with Gasteiger partial charge in [-0.15, -0.1) is 34.2 Å². The number of ether oxygens (including phenoxy) is 2. The minimum absolute atomic E-state index is 0. The van der Waals surface area contributed by atoms with Crippen LogP contribution in [0.3, 0.4) is 0 Å². The van der Waals surface area contributed by atoms with Crippen LogP contribution < -0.4 is 10.6 Å². The van der Waals surface area contributed by atoms with E-state index in [1.807, 2.05) is 18.5 Å². The Kier molecular flexibility index (Phi) is 11.8. The van der Waals surface area contributed by atoms with E-state index in [4.69, 9.17) is 9.47 Å². The molecule has 9 heteroatoms. The summed E-state index contributed by atoms with van der Waals surface area (Å²) in [4.78, 5) is 4.69. The third kappa shape index (κ3) is 8.17. The summed E-state index contributed by atoms with van der Waals surface area (Å²) in [6, 6.07) is 0.519. The summed E-state index contributed by atoms with van der Waals surface area (Å²) in [5, 5.41) is 15.2. The quantitative estimate of drug-likeness (QED) is 0.230. The normalized spacial score (nSPS) is 15.1. The number of aromatic nitrogens is 3. The Morgan fingerprint density at radius 3 is 2.65 bits per heavy atom. The molecule has 0 amide bonds. The highest BCUT2D eigenvalue weighted by molar-refractivity contribution is 14.0. The van der Waals surface area contributed by atoms with E-state index in [0.29, 0.717) is 25.8 Å². The van der Waals surface area contributed by atoms with Gasteiger partial charge < -0.3 is 24.7 Å². The SMILES string of the molecule is COCCOCCCNC(=NCc1nnc(C)n1C)NC1CCCC1.I. The van der Waals surface area contributed by atoms with Gasteiger partial charge in [-0.1, -0.05) is 12.8 Å². The van der Waals surface area contributed by atoms with Crippen LogP contribution in [0, 0.1) is 6.92 Å². The number of guanidine groups is 1. The number of aryl methyl sites for hydroxylation is 1. The molecule has 0 aromatic carbocycles. The molecular weight excluding hydrogens is 447 g/mol. The Bertz CT molecular complexity index is 531. The Hall–Kier alpha value is -0.940. The van der Waals surface area contributed by atoms with Crippen LogP contribution in [0.5, 0.6) is 0 Å². The maximum absolute atomic E-state index is 5.49. The highest BCUT2D eigenvalue weighted by Crippen LogP contribution is 2.17. The first kappa shape index (κ1) is 23.1. The van der Waals surface area contributed by atoms with Crippen LogP contribution in [0.1, 0.15) is 43.8 Å². The van der Waals surface area contributed by atoms with Crippen LogP contribution in [0.15, 0.2) is 4.99 Å². The molecule has 1 aliphatic carbocycles. The molecule has 0 radical (unpaired) electrons. The zero-order chi connectivity index (χ0) is 17.9. The van der Waals surface area contributed by atoms with Crippen molar-refractivity contribution >= 4 is 29.9 Å². The molecule has 1 aromatic rings. The van der Waals surface area contributed by atoms with Crippen LogP contribution in [0.2, 0.25) is 0 Å². The molecule has 2 rings (SSSR count). The number of rotatable bonds is 10. The van der Waals surface area contributed by atoms with Crippen molar-refractivity contribution in [2.24, 2.45) is 12.0 Å². The van der Waals surface area contributed by atoms with Gasteiger partial charge in [0.25, 0.3) is 0 Å². The van der Waals surface area contributed by atoms with E-state index < -0.39 is 0 Å². The largest absolute Gasteiger partial charge is 0.382 e. The van der Waals surface area contributed by atoms with Gasteiger partial charge in [0.05, 0.1) is 13.2 Å². The smallest absolute Gasteiger partial charge is 0.191 e. The maximum atomic E-state index is 5.49. The molecule has 1 saturated carbocycles. The molecule has 0 saturated heterocycles. The maximum Gasteiger partial charge on any atom is 0.191 e. The molecule has 26 heavy (non-hydrogen) atoms. The summed E-state index contributed by atoms with van der Waals surface area (Å²) in [5.74, 6) is 2.62. The number of hydrogen-bond donors (Lipinski definition) is 2. The number of methoxy groups -OCH3 is 1. The fourth-order valence-electron chi connectivity index (χ4n) is 2.78. The van der Waals surface area contributed by atoms with E-state index in [2.05, 4.69) is 25.8 Å². The second-order valence-electron chi connectivity index (χ2n) is 6.40. The summed E-state index contributed by atoms with van der Waals surface area (Å²) in [5.41, 5.74) is 0. The molecule has 0 atom stereocenters. The molecule has 2 N–H and O–H groups in total. The number of nitrogens with one attached hydrogen (secondary N) is 2. The van der Waals surface area contributed by atoms with Crippen molar-refractivity contribution in [3.8, 4) is 0 Å². The second-order valence-corrected chi connectivity index (χ2v) is 6.40. The number of hydrogen-bond acceptors (Lipinski definition) is 5. The molecule has 8 nitrogen and oxygen atoms in total. The highest BCUT2D eigenvalue weighted by atomic mass is 127. The minimum atomic E-state index is 0. The fourth-order valence-corrected chi connectivity index (χ4v) is 2.78. The topological polar surface area (TPSA) is 85.6 Å². The van der Waals surface area contributed by atoms with Crippen molar-refractivity contribution < 1.29 is 9.47 Å². The van der Waals surface area contributed by atoms with Crippen LogP contribution >= 0.6 is 24.0 Å². The molecule has 1 aliphatic rings. The summed E-state index contributed by atoms with van der Waals surface area (Å²) in [6.45, 7) is 5.28. The third-order valence-corrected chi connectivity index (χ3v) is 4.45. The lowest BCUT2D eigenvalue weighted by atomic mass is 10.2. The van der Waals surface area contributed by atoms with Crippen molar-refractivity contribution in [3.63, 3.8) is 0 Å². The molecule has 0 spiro atoms. The Morgan fingerprint density at radius 1 is 1.23 bits per heavy atom. The van der Waals surface area contributed by atoms with Gasteiger partial charge in [0, 0.05) is 33.4 Å². The van der Waals surface area contributed by atoms with Gasteiger partial charge in [-0.05, 0) is 26.2 Å². The van der Waals surface area contributed by atoms with Crippen molar-refractivity contribution in [2.75, 3.05) is 33.5 Å². The number of aliphatic imine (C=N–C) groups is 1. The third-order valence-electron chi connectivity index (χ3n) is 4.45. The Labute approximate surface area is 173 Å². The van der Waals surface area contributed by atoms with Crippen LogP contribution in [0.4, 0.5) is 0 Å². The first-order valence-electron chi connectivity index (χ1n) is 9.17. The van der Waals surface area contributed by atoms with Crippen molar-refractivity contribution in [3.05, 3.63) is 11.6 Å². The molecule has 1 aromatic heterocycles. The summed E-state index contributed by atoms with van der Waals surface area (Å²) in [6.07, 6.45) is 5.94. The van der Waals surface area contributed by atoms with E-state index in [1.165, 1.54) is 25.7 Å². The van der Waals surface area contributed by atoms with Crippen LogP contribution in [-0.2, 0) is 23.1 Å². The van der Waals surface area contributed by atoms with Gasteiger partial charge in [-0.25, -0.2) is 4.99 Å². The monoisotopic (exact) mass is 480 g/mol. The zero-order valence-corrected chi connectivity index (χ0v) is 18.5. The minimum Gasteiger partial charge on any atom is -0.382 e. The van der Waals surface area contributed by atoms with E-state index in [-0.39, 0.29) is 24.0 Å². The van der Waals surface area contributed by atoms with Gasteiger partial charge in [-0.3, -0.25) is 0 Å². The van der Waals surface area contributed by atoms with Crippen molar-refractivity contribution in [2.45, 2.75) is 51.6 Å². The van der Waals surface area contributed by atoms with Crippen LogP contribution in [-0.4, -0.2) is 60.2 Å². The molecular formula is C17H33IN6O2. The van der Waals surface area contributed by atoms with Crippen LogP contribution in [0.25, 0.3) is 0 Å². The molecule has 0 aliphatic heterocycles. The number of halogens is 1. The van der Waals surface area contributed by atoms with Gasteiger partial charge >= 0.3 is 0 Å².